The van der Waals surface area contributed by atoms with Crippen LogP contribution in [0.5, 0.6) is 5.75 Å². The van der Waals surface area contributed by atoms with Crippen molar-refractivity contribution in [2.75, 3.05) is 13.1 Å². The molecular formula is C22H24F2N2O3. The van der Waals surface area contributed by atoms with Gasteiger partial charge in [0.05, 0.1) is 0 Å². The van der Waals surface area contributed by atoms with Gasteiger partial charge >= 0.3 is 6.61 Å². The number of hydrogen-bond donors (Lipinski definition) is 1. The van der Waals surface area contributed by atoms with E-state index in [1.165, 1.54) is 24.3 Å². The fourth-order valence-corrected chi connectivity index (χ4v) is 3.39. The SMILES string of the molecule is O=C(CCc1ccccc1)NC1CCN(C(=O)c2ccc(OC(F)F)cc2)CC1. The van der Waals surface area contributed by atoms with Crippen LogP contribution >= 0.6 is 0 Å². The molecule has 2 amide bonds. The number of piperidine rings is 1. The van der Waals surface area contributed by atoms with Crippen molar-refractivity contribution in [2.45, 2.75) is 38.3 Å². The fraction of sp³-hybridized carbons (Fsp3) is 0.364. The molecule has 2 aromatic carbocycles. The molecule has 1 N–H and O–H groups in total. The Morgan fingerprint density at radius 3 is 2.31 bits per heavy atom. The van der Waals surface area contributed by atoms with Crippen molar-refractivity contribution in [3.8, 4) is 5.75 Å². The first-order chi connectivity index (χ1) is 14.0. The molecule has 0 aromatic heterocycles. The lowest BCUT2D eigenvalue weighted by atomic mass is 10.0. The standard InChI is InChI=1S/C22H24F2N2O3/c23-22(24)29-19-9-7-17(8-10-19)21(28)26-14-12-18(13-15-26)25-20(27)11-6-16-4-2-1-3-5-16/h1-5,7-10,18,22H,6,11-15H2,(H,25,27). The maximum absolute atomic E-state index is 12.6. The predicted octanol–water partition coefficient (Wildman–Crippen LogP) is 3.64. The molecule has 0 bridgehead atoms. The van der Waals surface area contributed by atoms with Gasteiger partial charge in [-0.1, -0.05) is 30.3 Å². The van der Waals surface area contributed by atoms with Crippen molar-refractivity contribution in [3.63, 3.8) is 0 Å². The van der Waals surface area contributed by atoms with Gasteiger partial charge in [-0.2, -0.15) is 8.78 Å². The lowest BCUT2D eigenvalue weighted by molar-refractivity contribution is -0.122. The Labute approximate surface area is 168 Å². The van der Waals surface area contributed by atoms with Crippen molar-refractivity contribution in [3.05, 3.63) is 65.7 Å². The molecule has 5 nitrogen and oxygen atoms in total. The summed E-state index contributed by atoms with van der Waals surface area (Å²) in [6.07, 6.45) is 2.52. The highest BCUT2D eigenvalue weighted by molar-refractivity contribution is 5.94. The molecule has 3 rings (SSSR count). The van der Waals surface area contributed by atoms with Gasteiger partial charge < -0.3 is 15.0 Å². The highest BCUT2D eigenvalue weighted by atomic mass is 19.3. The van der Waals surface area contributed by atoms with E-state index < -0.39 is 6.61 Å². The van der Waals surface area contributed by atoms with E-state index in [2.05, 4.69) is 10.1 Å². The summed E-state index contributed by atoms with van der Waals surface area (Å²) in [6, 6.07) is 15.6. The normalized spacial score (nSPS) is 14.7. The topological polar surface area (TPSA) is 58.6 Å². The minimum atomic E-state index is -2.89. The zero-order chi connectivity index (χ0) is 20.6. The van der Waals surface area contributed by atoms with Crippen LogP contribution in [0, 0.1) is 0 Å². The Morgan fingerprint density at radius 2 is 1.69 bits per heavy atom. The Morgan fingerprint density at radius 1 is 1.03 bits per heavy atom. The number of aryl methyl sites for hydroxylation is 1. The van der Waals surface area contributed by atoms with Crippen molar-refractivity contribution in [1.29, 1.82) is 0 Å². The van der Waals surface area contributed by atoms with E-state index in [1.54, 1.807) is 4.90 Å². The van der Waals surface area contributed by atoms with Gasteiger partial charge in [0.25, 0.3) is 5.91 Å². The van der Waals surface area contributed by atoms with Crippen LogP contribution in [0.3, 0.4) is 0 Å². The largest absolute Gasteiger partial charge is 0.435 e. The molecule has 1 aliphatic rings. The van der Waals surface area contributed by atoms with Crippen molar-refractivity contribution in [1.82, 2.24) is 10.2 Å². The van der Waals surface area contributed by atoms with Crippen LogP contribution in [0.25, 0.3) is 0 Å². The average Bonchev–Trinajstić information content (AvgIpc) is 2.73. The van der Waals surface area contributed by atoms with Gasteiger partial charge in [0.1, 0.15) is 5.75 Å². The number of rotatable bonds is 7. The zero-order valence-electron chi connectivity index (χ0n) is 16.0. The van der Waals surface area contributed by atoms with Crippen LogP contribution in [0.15, 0.2) is 54.6 Å². The van der Waals surface area contributed by atoms with Crippen LogP contribution in [-0.4, -0.2) is 42.5 Å². The number of halogens is 2. The van der Waals surface area contributed by atoms with Gasteiger partial charge in [-0.15, -0.1) is 0 Å². The number of ether oxygens (including phenoxy) is 1. The van der Waals surface area contributed by atoms with E-state index in [4.69, 9.17) is 0 Å². The van der Waals surface area contributed by atoms with Gasteiger partial charge in [0.15, 0.2) is 0 Å². The van der Waals surface area contributed by atoms with E-state index in [-0.39, 0.29) is 23.6 Å². The smallest absolute Gasteiger partial charge is 0.387 e. The molecular weight excluding hydrogens is 378 g/mol. The summed E-state index contributed by atoms with van der Waals surface area (Å²) < 4.78 is 28.7. The number of likely N-dealkylation sites (tertiary alicyclic amines) is 1. The summed E-state index contributed by atoms with van der Waals surface area (Å²) in [5, 5.41) is 3.05. The molecule has 0 aliphatic carbocycles. The molecule has 29 heavy (non-hydrogen) atoms. The summed E-state index contributed by atoms with van der Waals surface area (Å²) in [7, 11) is 0. The lowest BCUT2D eigenvalue weighted by Gasteiger charge is -2.32. The van der Waals surface area contributed by atoms with E-state index in [0.29, 0.717) is 44.3 Å². The molecule has 1 fully saturated rings. The van der Waals surface area contributed by atoms with Gasteiger partial charge in [-0.05, 0) is 49.1 Å². The number of carbonyl (C=O) groups is 2. The molecule has 1 aliphatic heterocycles. The van der Waals surface area contributed by atoms with Crippen LogP contribution in [0.1, 0.15) is 35.2 Å². The van der Waals surface area contributed by atoms with Crippen molar-refractivity contribution < 1.29 is 23.1 Å². The summed E-state index contributed by atoms with van der Waals surface area (Å²) in [6.45, 7) is -1.81. The lowest BCUT2D eigenvalue weighted by Crippen LogP contribution is -2.46. The summed E-state index contributed by atoms with van der Waals surface area (Å²) in [4.78, 5) is 26.5. The summed E-state index contributed by atoms with van der Waals surface area (Å²) in [5.74, 6) is -0.107. The number of amides is 2. The average molecular weight is 402 g/mol. The molecule has 0 spiro atoms. The highest BCUT2D eigenvalue weighted by Gasteiger charge is 2.24. The molecule has 0 unspecified atom stereocenters. The first-order valence-corrected chi connectivity index (χ1v) is 9.68. The van der Waals surface area contributed by atoms with Gasteiger partial charge in [-0.25, -0.2) is 0 Å². The van der Waals surface area contributed by atoms with Gasteiger partial charge in [0, 0.05) is 31.1 Å². The number of alkyl halides is 2. The molecule has 1 saturated heterocycles. The fourth-order valence-electron chi connectivity index (χ4n) is 3.39. The number of benzene rings is 2. The van der Waals surface area contributed by atoms with E-state index in [0.717, 1.165) is 5.56 Å². The molecule has 0 saturated carbocycles. The predicted molar refractivity (Wildman–Crippen MR) is 105 cm³/mol. The van der Waals surface area contributed by atoms with Crippen LogP contribution < -0.4 is 10.1 Å². The van der Waals surface area contributed by atoms with Crippen LogP contribution in [0.4, 0.5) is 8.78 Å². The van der Waals surface area contributed by atoms with Crippen molar-refractivity contribution >= 4 is 11.8 Å². The monoisotopic (exact) mass is 402 g/mol. The first kappa shape index (κ1) is 20.8. The second-order valence-electron chi connectivity index (χ2n) is 7.02. The maximum Gasteiger partial charge on any atom is 0.387 e. The quantitative estimate of drug-likeness (QED) is 0.769. The van der Waals surface area contributed by atoms with E-state index in [9.17, 15) is 18.4 Å². The third-order valence-corrected chi connectivity index (χ3v) is 4.96. The first-order valence-electron chi connectivity index (χ1n) is 9.68. The molecule has 154 valence electrons. The third kappa shape index (κ3) is 6.27. The van der Waals surface area contributed by atoms with Crippen LogP contribution in [0.2, 0.25) is 0 Å². The van der Waals surface area contributed by atoms with Crippen LogP contribution in [-0.2, 0) is 11.2 Å². The summed E-state index contributed by atoms with van der Waals surface area (Å²) in [5.41, 5.74) is 1.56. The summed E-state index contributed by atoms with van der Waals surface area (Å²) >= 11 is 0. The molecule has 2 aromatic rings. The number of nitrogens with one attached hydrogen (secondary N) is 1. The second-order valence-corrected chi connectivity index (χ2v) is 7.02. The van der Waals surface area contributed by atoms with E-state index in [1.807, 2.05) is 30.3 Å². The number of nitrogens with zero attached hydrogens (tertiary/aromatic N) is 1. The minimum absolute atomic E-state index is 0.0215. The van der Waals surface area contributed by atoms with Crippen molar-refractivity contribution in [2.24, 2.45) is 0 Å². The Hall–Kier alpha value is -2.96. The minimum Gasteiger partial charge on any atom is -0.435 e. The third-order valence-electron chi connectivity index (χ3n) is 4.96. The highest BCUT2D eigenvalue weighted by Crippen LogP contribution is 2.18. The number of hydrogen-bond acceptors (Lipinski definition) is 3. The van der Waals surface area contributed by atoms with E-state index >= 15 is 0 Å². The molecule has 7 heteroatoms. The Bertz CT molecular complexity index is 805. The van der Waals surface area contributed by atoms with Gasteiger partial charge in [0.2, 0.25) is 5.91 Å². The molecule has 0 radical (unpaired) electrons. The maximum atomic E-state index is 12.6. The number of carbonyl (C=O) groups excluding carboxylic acids is 2. The van der Waals surface area contributed by atoms with Gasteiger partial charge in [-0.3, -0.25) is 9.59 Å². The molecule has 1 heterocycles. The molecule has 0 atom stereocenters. The Kier molecular flexibility index (Phi) is 7.16. The second kappa shape index (κ2) is 10.0. The Balaban J connectivity index is 1.42. The zero-order valence-corrected chi connectivity index (χ0v) is 16.0.